The van der Waals surface area contributed by atoms with Crippen molar-refractivity contribution in [2.75, 3.05) is 36.4 Å². The van der Waals surface area contributed by atoms with E-state index in [2.05, 4.69) is 45.0 Å². The Bertz CT molecular complexity index is 726. The molecule has 1 aliphatic rings. The molecular formula is C20H27N5O. The average molecular weight is 353 g/mol. The lowest BCUT2D eigenvalue weighted by Crippen LogP contribution is -2.53. The summed E-state index contributed by atoms with van der Waals surface area (Å²) in [5, 5.41) is 3.11. The number of hydrogen-bond acceptors (Lipinski definition) is 5. The van der Waals surface area contributed by atoms with Crippen LogP contribution in [0.1, 0.15) is 32.3 Å². The van der Waals surface area contributed by atoms with Gasteiger partial charge in [-0.1, -0.05) is 32.0 Å². The molecule has 1 atom stereocenters. The molecular weight excluding hydrogens is 326 g/mol. The second-order valence-corrected chi connectivity index (χ2v) is 6.98. The molecule has 1 aromatic carbocycles. The third kappa shape index (κ3) is 4.19. The SMILES string of the molecule is CC(C)c1ccccc1NC(=O)[C@H](C)N1CCN(c2ncccn2)CC1. The molecule has 0 radical (unpaired) electrons. The Hall–Kier alpha value is -2.47. The van der Waals surface area contributed by atoms with Crippen LogP contribution in [0.5, 0.6) is 0 Å². The Morgan fingerprint density at radius 2 is 1.65 bits per heavy atom. The summed E-state index contributed by atoms with van der Waals surface area (Å²) in [6.45, 7) is 9.53. The Morgan fingerprint density at radius 3 is 2.31 bits per heavy atom. The van der Waals surface area contributed by atoms with Crippen LogP contribution in [-0.4, -0.2) is 53.0 Å². The highest BCUT2D eigenvalue weighted by Gasteiger charge is 2.26. The first kappa shape index (κ1) is 18.3. The number of carbonyl (C=O) groups excluding carboxylic acids is 1. The number of para-hydroxylation sites is 1. The van der Waals surface area contributed by atoms with E-state index in [-0.39, 0.29) is 11.9 Å². The van der Waals surface area contributed by atoms with Gasteiger partial charge in [-0.05, 0) is 30.5 Å². The molecule has 1 aromatic heterocycles. The zero-order valence-corrected chi connectivity index (χ0v) is 15.7. The van der Waals surface area contributed by atoms with E-state index in [1.54, 1.807) is 12.4 Å². The molecule has 0 unspecified atom stereocenters. The van der Waals surface area contributed by atoms with Crippen molar-refractivity contribution in [2.24, 2.45) is 0 Å². The van der Waals surface area contributed by atoms with E-state index < -0.39 is 0 Å². The van der Waals surface area contributed by atoms with Gasteiger partial charge in [0.05, 0.1) is 6.04 Å². The van der Waals surface area contributed by atoms with E-state index in [9.17, 15) is 4.79 Å². The molecule has 1 saturated heterocycles. The van der Waals surface area contributed by atoms with Gasteiger partial charge in [-0.15, -0.1) is 0 Å². The predicted molar refractivity (Wildman–Crippen MR) is 104 cm³/mol. The summed E-state index contributed by atoms with van der Waals surface area (Å²) in [5.41, 5.74) is 2.08. The topological polar surface area (TPSA) is 61.4 Å². The van der Waals surface area contributed by atoms with Gasteiger partial charge < -0.3 is 10.2 Å². The molecule has 6 nitrogen and oxygen atoms in total. The number of benzene rings is 1. The first-order valence-electron chi connectivity index (χ1n) is 9.22. The van der Waals surface area contributed by atoms with E-state index in [1.165, 1.54) is 5.56 Å². The lowest BCUT2D eigenvalue weighted by Gasteiger charge is -2.37. The third-order valence-corrected chi connectivity index (χ3v) is 4.92. The standard InChI is InChI=1S/C20H27N5O/c1-15(2)17-7-4-5-8-18(17)23-19(26)16(3)24-11-13-25(14-12-24)20-21-9-6-10-22-20/h4-10,15-16H,11-14H2,1-3H3,(H,23,26)/t16-/m0/s1. The van der Waals surface area contributed by atoms with Crippen molar-refractivity contribution in [3.8, 4) is 0 Å². The van der Waals surface area contributed by atoms with Crippen molar-refractivity contribution >= 4 is 17.5 Å². The van der Waals surface area contributed by atoms with Gasteiger partial charge in [-0.25, -0.2) is 9.97 Å². The van der Waals surface area contributed by atoms with Crippen LogP contribution in [-0.2, 0) is 4.79 Å². The monoisotopic (exact) mass is 353 g/mol. The van der Waals surface area contributed by atoms with Crippen LogP contribution < -0.4 is 10.2 Å². The fourth-order valence-electron chi connectivity index (χ4n) is 3.28. The van der Waals surface area contributed by atoms with Crippen molar-refractivity contribution in [2.45, 2.75) is 32.7 Å². The van der Waals surface area contributed by atoms with Gasteiger partial charge in [0.1, 0.15) is 0 Å². The van der Waals surface area contributed by atoms with Crippen molar-refractivity contribution in [3.05, 3.63) is 48.3 Å². The summed E-state index contributed by atoms with van der Waals surface area (Å²) in [6.07, 6.45) is 3.52. The van der Waals surface area contributed by atoms with Crippen LogP contribution in [0.15, 0.2) is 42.7 Å². The third-order valence-electron chi connectivity index (χ3n) is 4.92. The quantitative estimate of drug-likeness (QED) is 0.896. The van der Waals surface area contributed by atoms with Crippen LogP contribution in [0, 0.1) is 0 Å². The van der Waals surface area contributed by atoms with Crippen molar-refractivity contribution in [3.63, 3.8) is 0 Å². The molecule has 26 heavy (non-hydrogen) atoms. The zero-order chi connectivity index (χ0) is 18.5. The Labute approximate surface area is 155 Å². The summed E-state index contributed by atoms with van der Waals surface area (Å²) in [5.74, 6) is 1.17. The molecule has 1 amide bonds. The van der Waals surface area contributed by atoms with Gasteiger partial charge in [0.15, 0.2) is 0 Å². The molecule has 0 aliphatic carbocycles. The maximum Gasteiger partial charge on any atom is 0.241 e. The molecule has 2 aromatic rings. The molecule has 2 heterocycles. The highest BCUT2D eigenvalue weighted by atomic mass is 16.2. The first-order chi connectivity index (χ1) is 12.6. The maximum atomic E-state index is 12.7. The normalized spacial score (nSPS) is 16.5. The number of aromatic nitrogens is 2. The largest absolute Gasteiger partial charge is 0.338 e. The Morgan fingerprint density at radius 1 is 1.00 bits per heavy atom. The fraction of sp³-hybridized carbons (Fsp3) is 0.450. The highest BCUT2D eigenvalue weighted by Crippen LogP contribution is 2.24. The summed E-state index contributed by atoms with van der Waals surface area (Å²) >= 11 is 0. The average Bonchev–Trinajstić information content (AvgIpc) is 2.68. The zero-order valence-electron chi connectivity index (χ0n) is 15.7. The van der Waals surface area contributed by atoms with Gasteiger partial charge in [-0.3, -0.25) is 9.69 Å². The minimum Gasteiger partial charge on any atom is -0.338 e. The van der Waals surface area contributed by atoms with E-state index in [0.717, 1.165) is 37.8 Å². The second kappa shape index (κ2) is 8.27. The minimum atomic E-state index is -0.172. The Balaban J connectivity index is 1.58. The molecule has 138 valence electrons. The number of nitrogens with one attached hydrogen (secondary N) is 1. The smallest absolute Gasteiger partial charge is 0.241 e. The molecule has 0 bridgehead atoms. The van der Waals surface area contributed by atoms with Gasteiger partial charge >= 0.3 is 0 Å². The summed E-state index contributed by atoms with van der Waals surface area (Å²) in [4.78, 5) is 25.7. The number of amides is 1. The molecule has 1 N–H and O–H groups in total. The summed E-state index contributed by atoms with van der Waals surface area (Å²) in [7, 11) is 0. The first-order valence-corrected chi connectivity index (χ1v) is 9.22. The molecule has 3 rings (SSSR count). The number of hydrogen-bond donors (Lipinski definition) is 1. The van der Waals surface area contributed by atoms with Gasteiger partial charge in [-0.2, -0.15) is 0 Å². The minimum absolute atomic E-state index is 0.0440. The van der Waals surface area contributed by atoms with Crippen LogP contribution in [0.4, 0.5) is 11.6 Å². The maximum absolute atomic E-state index is 12.7. The van der Waals surface area contributed by atoms with Gasteiger partial charge in [0, 0.05) is 44.3 Å². The highest BCUT2D eigenvalue weighted by molar-refractivity contribution is 5.95. The number of anilines is 2. The number of nitrogens with zero attached hydrogens (tertiary/aromatic N) is 4. The lowest BCUT2D eigenvalue weighted by molar-refractivity contribution is -0.120. The second-order valence-electron chi connectivity index (χ2n) is 6.98. The predicted octanol–water partition coefficient (Wildman–Crippen LogP) is 2.75. The van der Waals surface area contributed by atoms with E-state index in [4.69, 9.17) is 0 Å². The van der Waals surface area contributed by atoms with E-state index in [1.807, 2.05) is 31.2 Å². The van der Waals surface area contributed by atoms with E-state index >= 15 is 0 Å². The fourth-order valence-corrected chi connectivity index (χ4v) is 3.28. The number of rotatable bonds is 5. The van der Waals surface area contributed by atoms with Gasteiger partial charge in [0.25, 0.3) is 0 Å². The van der Waals surface area contributed by atoms with Crippen LogP contribution in [0.25, 0.3) is 0 Å². The number of piperazine rings is 1. The van der Waals surface area contributed by atoms with Crippen molar-refractivity contribution < 1.29 is 4.79 Å². The Kier molecular flexibility index (Phi) is 5.83. The van der Waals surface area contributed by atoms with Gasteiger partial charge in [0.2, 0.25) is 11.9 Å². The summed E-state index contributed by atoms with van der Waals surface area (Å²) in [6, 6.07) is 9.67. The van der Waals surface area contributed by atoms with Crippen molar-refractivity contribution in [1.82, 2.24) is 14.9 Å². The number of carbonyl (C=O) groups is 1. The van der Waals surface area contributed by atoms with Crippen LogP contribution >= 0.6 is 0 Å². The molecule has 0 spiro atoms. The van der Waals surface area contributed by atoms with Crippen LogP contribution in [0.2, 0.25) is 0 Å². The van der Waals surface area contributed by atoms with Crippen LogP contribution in [0.3, 0.4) is 0 Å². The van der Waals surface area contributed by atoms with E-state index in [0.29, 0.717) is 5.92 Å². The summed E-state index contributed by atoms with van der Waals surface area (Å²) < 4.78 is 0. The molecule has 6 heteroatoms. The lowest BCUT2D eigenvalue weighted by atomic mass is 10.0. The molecule has 0 saturated carbocycles. The van der Waals surface area contributed by atoms with Crippen molar-refractivity contribution in [1.29, 1.82) is 0 Å². The molecule has 1 fully saturated rings. The molecule has 1 aliphatic heterocycles.